The number of aliphatic hydroxyl groups excluding tert-OH is 4. The molecule has 0 aromatic heterocycles. The van der Waals surface area contributed by atoms with Crippen LogP contribution in [0.15, 0.2) is 0 Å². The van der Waals surface area contributed by atoms with Crippen molar-refractivity contribution in [3.05, 3.63) is 0 Å². The number of ether oxygens (including phenoxy) is 5. The SMILES string of the molecule is COCCOCCOC(=O)C(C)(COC(=O)C(C)(CO)CO)COC(=O)C(C)(CO)CO. The Morgan fingerprint density at radius 2 is 0.969 bits per heavy atom. The molecule has 0 unspecified atom stereocenters. The Morgan fingerprint density at radius 3 is 1.34 bits per heavy atom. The summed E-state index contributed by atoms with van der Waals surface area (Å²) in [4.78, 5) is 37.2. The lowest BCUT2D eigenvalue weighted by Gasteiger charge is -2.30. The normalized spacial score (nSPS) is 12.4. The van der Waals surface area contributed by atoms with Gasteiger partial charge in [-0.25, -0.2) is 0 Å². The molecule has 0 aromatic rings. The van der Waals surface area contributed by atoms with E-state index in [1.165, 1.54) is 27.9 Å². The van der Waals surface area contributed by atoms with E-state index >= 15 is 0 Å². The first-order chi connectivity index (χ1) is 15.0. The summed E-state index contributed by atoms with van der Waals surface area (Å²) in [5.74, 6) is -2.80. The first-order valence-electron chi connectivity index (χ1n) is 10.0. The summed E-state index contributed by atoms with van der Waals surface area (Å²) in [6.07, 6.45) is 0. The maximum atomic E-state index is 12.7. The van der Waals surface area contributed by atoms with Crippen LogP contribution in [0.5, 0.6) is 0 Å². The Balaban J connectivity index is 5.24. The maximum Gasteiger partial charge on any atom is 0.318 e. The molecule has 32 heavy (non-hydrogen) atoms. The monoisotopic (exact) mass is 468 g/mol. The Hall–Kier alpha value is -1.83. The quantitative estimate of drug-likeness (QED) is 0.108. The summed E-state index contributed by atoms with van der Waals surface area (Å²) in [5.41, 5.74) is -4.85. The molecule has 0 fully saturated rings. The highest BCUT2D eigenvalue weighted by Crippen LogP contribution is 2.25. The summed E-state index contributed by atoms with van der Waals surface area (Å²) < 4.78 is 25.4. The minimum absolute atomic E-state index is 0.0744. The zero-order chi connectivity index (χ0) is 24.8. The Bertz CT molecular complexity index is 549. The summed E-state index contributed by atoms with van der Waals surface area (Å²) in [7, 11) is 1.51. The van der Waals surface area contributed by atoms with Crippen LogP contribution in [0, 0.1) is 16.2 Å². The van der Waals surface area contributed by atoms with Crippen molar-refractivity contribution in [3.8, 4) is 0 Å². The van der Waals surface area contributed by atoms with E-state index in [-0.39, 0.29) is 13.2 Å². The Morgan fingerprint density at radius 1 is 0.594 bits per heavy atom. The predicted octanol–water partition coefficient (Wildman–Crippen LogP) is -1.73. The molecule has 0 spiro atoms. The lowest BCUT2D eigenvalue weighted by atomic mass is 9.90. The van der Waals surface area contributed by atoms with Crippen LogP contribution >= 0.6 is 0 Å². The fraction of sp³-hybridized carbons (Fsp3) is 0.850. The second-order valence-electron chi connectivity index (χ2n) is 8.21. The molecule has 4 N–H and O–H groups in total. The smallest absolute Gasteiger partial charge is 0.318 e. The lowest BCUT2D eigenvalue weighted by Crippen LogP contribution is -2.45. The molecule has 0 rings (SSSR count). The largest absolute Gasteiger partial charge is 0.464 e. The Kier molecular flexibility index (Phi) is 13.5. The molecule has 0 heterocycles. The first kappa shape index (κ1) is 30.2. The third kappa shape index (κ3) is 8.96. The number of aliphatic hydroxyl groups is 4. The van der Waals surface area contributed by atoms with Crippen molar-refractivity contribution < 1.29 is 58.5 Å². The zero-order valence-electron chi connectivity index (χ0n) is 19.1. The standard InChI is InChI=1S/C20H36O12/c1-18(9-21,10-22)15(25)31-13-20(3,14-32-16(26)19(2,11-23)12-24)17(27)30-8-7-29-6-5-28-4/h21-24H,5-14H2,1-4H3. The summed E-state index contributed by atoms with van der Waals surface area (Å²) in [6, 6.07) is 0. The molecule has 12 nitrogen and oxygen atoms in total. The van der Waals surface area contributed by atoms with Gasteiger partial charge in [0.05, 0.1) is 46.2 Å². The van der Waals surface area contributed by atoms with Crippen molar-refractivity contribution in [3.63, 3.8) is 0 Å². The number of carbonyl (C=O) groups excluding carboxylic acids is 3. The van der Waals surface area contributed by atoms with Gasteiger partial charge in [-0.2, -0.15) is 0 Å². The number of methoxy groups -OCH3 is 1. The van der Waals surface area contributed by atoms with Crippen LogP contribution in [-0.4, -0.2) is 112 Å². The zero-order valence-corrected chi connectivity index (χ0v) is 19.1. The highest BCUT2D eigenvalue weighted by Gasteiger charge is 2.43. The minimum atomic E-state index is -1.66. The third-order valence-electron chi connectivity index (χ3n) is 4.81. The van der Waals surface area contributed by atoms with E-state index in [1.54, 1.807) is 0 Å². The molecule has 0 radical (unpaired) electrons. The van der Waals surface area contributed by atoms with Gasteiger partial charge in [-0.1, -0.05) is 0 Å². The second-order valence-corrected chi connectivity index (χ2v) is 8.21. The molecule has 0 bridgehead atoms. The molecule has 188 valence electrons. The minimum Gasteiger partial charge on any atom is -0.464 e. The van der Waals surface area contributed by atoms with E-state index < -0.39 is 73.8 Å². The van der Waals surface area contributed by atoms with Crippen LogP contribution in [0.4, 0.5) is 0 Å². The van der Waals surface area contributed by atoms with E-state index in [9.17, 15) is 34.8 Å². The van der Waals surface area contributed by atoms with Crippen molar-refractivity contribution in [1.82, 2.24) is 0 Å². The summed E-state index contributed by atoms with van der Waals surface area (Å²) >= 11 is 0. The molecule has 0 aromatic carbocycles. The van der Waals surface area contributed by atoms with E-state index in [2.05, 4.69) is 0 Å². The molecule has 0 atom stereocenters. The molecule has 0 saturated heterocycles. The van der Waals surface area contributed by atoms with Gasteiger partial charge in [-0.15, -0.1) is 0 Å². The van der Waals surface area contributed by atoms with Crippen LogP contribution in [0.25, 0.3) is 0 Å². The topological polar surface area (TPSA) is 178 Å². The van der Waals surface area contributed by atoms with Gasteiger partial charge < -0.3 is 44.1 Å². The average molecular weight is 468 g/mol. The third-order valence-corrected chi connectivity index (χ3v) is 4.81. The second kappa shape index (κ2) is 14.3. The molecule has 0 amide bonds. The maximum absolute atomic E-state index is 12.7. The summed E-state index contributed by atoms with van der Waals surface area (Å²) in [6.45, 7) is 0.527. The molecule has 0 aliphatic heterocycles. The van der Waals surface area contributed by atoms with Gasteiger partial charge >= 0.3 is 17.9 Å². The first-order valence-corrected chi connectivity index (χ1v) is 10.0. The van der Waals surface area contributed by atoms with Crippen LogP contribution in [-0.2, 0) is 38.1 Å². The summed E-state index contributed by atoms with van der Waals surface area (Å²) in [5, 5.41) is 37.3. The van der Waals surface area contributed by atoms with Gasteiger partial charge in [0.1, 0.15) is 36.1 Å². The van der Waals surface area contributed by atoms with Gasteiger partial charge in [-0.3, -0.25) is 14.4 Å². The van der Waals surface area contributed by atoms with E-state index in [4.69, 9.17) is 23.7 Å². The molecule has 0 saturated carbocycles. The van der Waals surface area contributed by atoms with Crippen molar-refractivity contribution in [2.45, 2.75) is 20.8 Å². The predicted molar refractivity (Wildman–Crippen MR) is 108 cm³/mol. The van der Waals surface area contributed by atoms with Gasteiger partial charge in [0, 0.05) is 7.11 Å². The van der Waals surface area contributed by atoms with E-state index in [0.717, 1.165) is 0 Å². The molecular weight excluding hydrogens is 432 g/mol. The van der Waals surface area contributed by atoms with Crippen molar-refractivity contribution in [1.29, 1.82) is 0 Å². The number of hydrogen-bond acceptors (Lipinski definition) is 12. The molecule has 0 aliphatic rings. The van der Waals surface area contributed by atoms with Crippen molar-refractivity contribution >= 4 is 17.9 Å². The van der Waals surface area contributed by atoms with E-state index in [0.29, 0.717) is 13.2 Å². The van der Waals surface area contributed by atoms with Crippen molar-refractivity contribution in [2.75, 3.05) is 73.2 Å². The van der Waals surface area contributed by atoms with Gasteiger partial charge in [-0.05, 0) is 20.8 Å². The molecular formula is C20H36O12. The van der Waals surface area contributed by atoms with Crippen LogP contribution < -0.4 is 0 Å². The number of carbonyl (C=O) groups is 3. The number of rotatable bonds is 17. The van der Waals surface area contributed by atoms with Gasteiger partial charge in [0.2, 0.25) is 0 Å². The number of hydrogen-bond donors (Lipinski definition) is 4. The highest BCUT2D eigenvalue weighted by atomic mass is 16.6. The van der Waals surface area contributed by atoms with E-state index in [1.807, 2.05) is 0 Å². The fourth-order valence-electron chi connectivity index (χ4n) is 1.93. The number of esters is 3. The lowest BCUT2D eigenvalue weighted by molar-refractivity contribution is -0.179. The van der Waals surface area contributed by atoms with Crippen LogP contribution in [0.1, 0.15) is 20.8 Å². The van der Waals surface area contributed by atoms with Crippen LogP contribution in [0.2, 0.25) is 0 Å². The van der Waals surface area contributed by atoms with Crippen molar-refractivity contribution in [2.24, 2.45) is 16.2 Å². The Labute approximate surface area is 187 Å². The van der Waals surface area contributed by atoms with Gasteiger partial charge in [0.25, 0.3) is 0 Å². The van der Waals surface area contributed by atoms with Crippen LogP contribution in [0.3, 0.4) is 0 Å². The highest BCUT2D eigenvalue weighted by molar-refractivity contribution is 5.80. The molecule has 0 aliphatic carbocycles. The fourth-order valence-corrected chi connectivity index (χ4v) is 1.93. The van der Waals surface area contributed by atoms with Gasteiger partial charge in [0.15, 0.2) is 0 Å². The molecule has 12 heteroatoms. The average Bonchev–Trinajstić information content (AvgIpc) is 2.81.